The van der Waals surface area contributed by atoms with Crippen molar-refractivity contribution in [2.75, 3.05) is 20.3 Å². The number of carbonyl (C=O) groups is 1. The Kier molecular flexibility index (Phi) is 9.73. The van der Waals surface area contributed by atoms with E-state index < -0.39 is 12.1 Å². The van der Waals surface area contributed by atoms with Crippen LogP contribution < -0.4 is 21.5 Å². The molecule has 21 heavy (non-hydrogen) atoms. The summed E-state index contributed by atoms with van der Waals surface area (Å²) < 4.78 is 5.06. The van der Waals surface area contributed by atoms with Crippen LogP contribution in [0.25, 0.3) is 0 Å². The fourth-order valence-electron chi connectivity index (χ4n) is 1.82. The lowest BCUT2D eigenvalue weighted by Crippen LogP contribution is -2.43. The standard InChI is InChI=1S/C14H23N3O3.ClH/c1-20-11-6-4-10(5-7-11)13(9-18)17-14(19)12(16)3-2-8-15;/h4-7,12-13,18H,2-3,8-9,15-16H2,1H3,(H,17,19);1H/t12-,13?;/m0./s1. The highest BCUT2D eigenvalue weighted by Gasteiger charge is 2.18. The topological polar surface area (TPSA) is 111 Å². The molecule has 0 aromatic heterocycles. The molecule has 7 heteroatoms. The lowest BCUT2D eigenvalue weighted by molar-refractivity contribution is -0.123. The second-order valence-electron chi connectivity index (χ2n) is 4.55. The molecule has 0 fully saturated rings. The molecule has 6 N–H and O–H groups in total. The summed E-state index contributed by atoms with van der Waals surface area (Å²) in [5, 5.41) is 12.1. The first-order valence-corrected chi connectivity index (χ1v) is 6.63. The maximum Gasteiger partial charge on any atom is 0.237 e. The van der Waals surface area contributed by atoms with E-state index in [1.807, 2.05) is 0 Å². The summed E-state index contributed by atoms with van der Waals surface area (Å²) in [7, 11) is 1.58. The normalized spacial score (nSPS) is 13.0. The van der Waals surface area contributed by atoms with Crippen molar-refractivity contribution >= 4 is 18.3 Å². The molecule has 2 atom stereocenters. The van der Waals surface area contributed by atoms with Gasteiger partial charge in [-0.05, 0) is 37.1 Å². The number of halogens is 1. The number of ether oxygens (including phenoxy) is 1. The monoisotopic (exact) mass is 317 g/mol. The highest BCUT2D eigenvalue weighted by molar-refractivity contribution is 5.85. The van der Waals surface area contributed by atoms with E-state index in [4.69, 9.17) is 16.2 Å². The van der Waals surface area contributed by atoms with Crippen LogP contribution >= 0.6 is 12.4 Å². The highest BCUT2D eigenvalue weighted by Crippen LogP contribution is 2.17. The second kappa shape index (κ2) is 10.4. The van der Waals surface area contributed by atoms with Gasteiger partial charge in [0.15, 0.2) is 0 Å². The van der Waals surface area contributed by atoms with Gasteiger partial charge in [0, 0.05) is 0 Å². The van der Waals surface area contributed by atoms with Crippen molar-refractivity contribution in [1.29, 1.82) is 0 Å². The lowest BCUT2D eigenvalue weighted by atomic mass is 10.1. The summed E-state index contributed by atoms with van der Waals surface area (Å²) in [5.74, 6) is 0.435. The Labute approximate surface area is 131 Å². The van der Waals surface area contributed by atoms with Gasteiger partial charge in [-0.2, -0.15) is 0 Å². The third-order valence-electron chi connectivity index (χ3n) is 3.07. The summed E-state index contributed by atoms with van der Waals surface area (Å²) in [6.07, 6.45) is 1.23. The molecule has 0 radical (unpaired) electrons. The van der Waals surface area contributed by atoms with Gasteiger partial charge in [0.25, 0.3) is 0 Å². The molecule has 0 saturated heterocycles. The quantitative estimate of drug-likeness (QED) is 0.552. The second-order valence-corrected chi connectivity index (χ2v) is 4.55. The molecule has 0 saturated carbocycles. The predicted octanol–water partition coefficient (Wildman–Crippen LogP) is 0.333. The zero-order chi connectivity index (χ0) is 15.0. The molecule has 1 rings (SSSR count). The zero-order valence-corrected chi connectivity index (χ0v) is 12.9. The van der Waals surface area contributed by atoms with Crippen LogP contribution in [0.2, 0.25) is 0 Å². The minimum absolute atomic E-state index is 0. The van der Waals surface area contributed by atoms with E-state index in [0.717, 1.165) is 11.3 Å². The molecule has 0 heterocycles. The van der Waals surface area contributed by atoms with Gasteiger partial charge in [-0.3, -0.25) is 4.79 Å². The smallest absolute Gasteiger partial charge is 0.237 e. The van der Waals surface area contributed by atoms with Crippen LogP contribution in [0.15, 0.2) is 24.3 Å². The minimum atomic E-state index is -0.606. The molecule has 0 bridgehead atoms. The molecule has 0 aliphatic carbocycles. The number of methoxy groups -OCH3 is 1. The van der Waals surface area contributed by atoms with Crippen molar-refractivity contribution in [3.05, 3.63) is 29.8 Å². The van der Waals surface area contributed by atoms with Gasteiger partial charge in [-0.25, -0.2) is 0 Å². The molecule has 1 aromatic carbocycles. The van der Waals surface area contributed by atoms with E-state index in [1.165, 1.54) is 0 Å². The van der Waals surface area contributed by atoms with E-state index in [2.05, 4.69) is 5.32 Å². The van der Waals surface area contributed by atoms with E-state index in [-0.39, 0.29) is 24.9 Å². The number of benzene rings is 1. The van der Waals surface area contributed by atoms with Crippen molar-refractivity contribution < 1.29 is 14.6 Å². The number of amides is 1. The van der Waals surface area contributed by atoms with Crippen molar-refractivity contribution in [1.82, 2.24) is 5.32 Å². The van der Waals surface area contributed by atoms with Gasteiger partial charge >= 0.3 is 0 Å². The Bertz CT molecular complexity index is 414. The van der Waals surface area contributed by atoms with Gasteiger partial charge < -0.3 is 26.6 Å². The van der Waals surface area contributed by atoms with Crippen LogP contribution in [0, 0.1) is 0 Å². The third-order valence-corrected chi connectivity index (χ3v) is 3.07. The van der Waals surface area contributed by atoms with Gasteiger partial charge in [-0.1, -0.05) is 12.1 Å². The van der Waals surface area contributed by atoms with Gasteiger partial charge in [0.1, 0.15) is 5.75 Å². The number of aliphatic hydroxyl groups excluding tert-OH is 1. The molecular formula is C14H24ClN3O3. The average molecular weight is 318 g/mol. The number of hydrogen-bond acceptors (Lipinski definition) is 5. The Morgan fingerprint density at radius 2 is 2.00 bits per heavy atom. The molecule has 0 aliphatic rings. The predicted molar refractivity (Wildman–Crippen MR) is 84.5 cm³/mol. The molecule has 0 spiro atoms. The van der Waals surface area contributed by atoms with Crippen LogP contribution in [0.3, 0.4) is 0 Å². The Morgan fingerprint density at radius 1 is 1.38 bits per heavy atom. The minimum Gasteiger partial charge on any atom is -0.497 e. The molecule has 1 amide bonds. The molecule has 1 aromatic rings. The molecule has 6 nitrogen and oxygen atoms in total. The van der Waals surface area contributed by atoms with Crippen LogP contribution in [-0.4, -0.2) is 37.3 Å². The Morgan fingerprint density at radius 3 is 2.48 bits per heavy atom. The van der Waals surface area contributed by atoms with Gasteiger partial charge in [0.2, 0.25) is 5.91 Å². The van der Waals surface area contributed by atoms with E-state index in [9.17, 15) is 9.90 Å². The van der Waals surface area contributed by atoms with Crippen molar-refractivity contribution in [3.8, 4) is 5.75 Å². The maximum atomic E-state index is 11.9. The van der Waals surface area contributed by atoms with Crippen LogP contribution in [0.1, 0.15) is 24.4 Å². The Hall–Kier alpha value is -1.34. The van der Waals surface area contributed by atoms with Crippen LogP contribution in [-0.2, 0) is 4.79 Å². The SMILES string of the molecule is COc1ccc(C(CO)NC(=O)[C@@H](N)CCCN)cc1.Cl. The number of hydrogen-bond donors (Lipinski definition) is 4. The lowest BCUT2D eigenvalue weighted by Gasteiger charge is -2.19. The largest absolute Gasteiger partial charge is 0.497 e. The fraction of sp³-hybridized carbons (Fsp3) is 0.500. The first-order valence-electron chi connectivity index (χ1n) is 6.63. The molecular weight excluding hydrogens is 294 g/mol. The van der Waals surface area contributed by atoms with Crippen molar-refractivity contribution in [3.63, 3.8) is 0 Å². The van der Waals surface area contributed by atoms with E-state index >= 15 is 0 Å². The number of nitrogens with two attached hydrogens (primary N) is 2. The third kappa shape index (κ3) is 6.31. The first-order chi connectivity index (χ1) is 9.62. The summed E-state index contributed by atoms with van der Waals surface area (Å²) in [4.78, 5) is 11.9. The fourth-order valence-corrected chi connectivity index (χ4v) is 1.82. The summed E-state index contributed by atoms with van der Waals surface area (Å²) in [6, 6.07) is 6.07. The van der Waals surface area contributed by atoms with Crippen LogP contribution in [0.5, 0.6) is 5.75 Å². The number of aliphatic hydroxyl groups is 1. The maximum absolute atomic E-state index is 11.9. The molecule has 1 unspecified atom stereocenters. The number of carbonyl (C=O) groups excluding carboxylic acids is 1. The average Bonchev–Trinajstić information content (AvgIpc) is 2.50. The van der Waals surface area contributed by atoms with Crippen molar-refractivity contribution in [2.24, 2.45) is 11.5 Å². The van der Waals surface area contributed by atoms with Crippen LogP contribution in [0.4, 0.5) is 0 Å². The number of nitrogens with one attached hydrogen (secondary N) is 1. The summed E-state index contributed by atoms with van der Waals surface area (Å²) in [5.41, 5.74) is 11.9. The first kappa shape index (κ1) is 19.7. The Balaban J connectivity index is 0.00000400. The summed E-state index contributed by atoms with van der Waals surface area (Å²) >= 11 is 0. The van der Waals surface area contributed by atoms with Crippen molar-refractivity contribution in [2.45, 2.75) is 24.9 Å². The van der Waals surface area contributed by atoms with E-state index in [1.54, 1.807) is 31.4 Å². The van der Waals surface area contributed by atoms with E-state index in [0.29, 0.717) is 19.4 Å². The molecule has 120 valence electrons. The highest BCUT2D eigenvalue weighted by atomic mass is 35.5. The number of rotatable bonds is 8. The van der Waals surface area contributed by atoms with Gasteiger partial charge in [-0.15, -0.1) is 12.4 Å². The molecule has 0 aliphatic heterocycles. The summed E-state index contributed by atoms with van der Waals surface area (Å²) in [6.45, 7) is 0.310. The van der Waals surface area contributed by atoms with Gasteiger partial charge in [0.05, 0.1) is 25.8 Å². The zero-order valence-electron chi connectivity index (χ0n) is 12.1.